The first kappa shape index (κ1) is 24.1. The van der Waals surface area contributed by atoms with Gasteiger partial charge in [0.2, 0.25) is 0 Å². The maximum Gasteiger partial charge on any atom is 0.164 e. The average Bonchev–Trinajstić information content (AvgIpc) is 3.40. The monoisotopic (exact) mass is 547 g/mol. The molecule has 2 atom stereocenters. The van der Waals surface area contributed by atoms with Gasteiger partial charge < -0.3 is 11.5 Å². The average molecular weight is 548 g/mol. The molecule has 41 heavy (non-hydrogen) atoms. The predicted molar refractivity (Wildman–Crippen MR) is 170 cm³/mol. The first-order valence-corrected chi connectivity index (χ1v) is 14.4. The zero-order chi connectivity index (χ0) is 27.5. The van der Waals surface area contributed by atoms with E-state index in [1.54, 1.807) is 11.3 Å². The molecule has 0 radical (unpaired) electrons. The number of thiophene rings is 1. The van der Waals surface area contributed by atoms with Gasteiger partial charge in [0.25, 0.3) is 0 Å². The molecule has 0 amide bonds. The fraction of sp³-hybridized carbons (Fsp3) is 0.0571. The SMILES string of the molecule is NC1C=Cc2ccc3cc(-c4nc(-c5ccccc5)nc(-c5ccc6c(c5)sc5ccccc56)n4)ccc3c2C1N. The van der Waals surface area contributed by atoms with Gasteiger partial charge in [-0.2, -0.15) is 0 Å². The van der Waals surface area contributed by atoms with E-state index in [1.807, 2.05) is 36.4 Å². The highest BCUT2D eigenvalue weighted by atomic mass is 32.1. The third kappa shape index (κ3) is 4.04. The maximum atomic E-state index is 6.53. The molecule has 1 aliphatic carbocycles. The van der Waals surface area contributed by atoms with Gasteiger partial charge in [0, 0.05) is 48.9 Å². The zero-order valence-corrected chi connectivity index (χ0v) is 22.8. The molecule has 0 spiro atoms. The molecule has 2 heterocycles. The molecule has 0 saturated heterocycles. The molecule has 6 heteroatoms. The highest BCUT2D eigenvalue weighted by molar-refractivity contribution is 7.25. The lowest BCUT2D eigenvalue weighted by Gasteiger charge is -2.25. The van der Waals surface area contributed by atoms with E-state index in [2.05, 4.69) is 78.9 Å². The van der Waals surface area contributed by atoms with Crippen LogP contribution in [-0.4, -0.2) is 21.0 Å². The summed E-state index contributed by atoms with van der Waals surface area (Å²) in [6.45, 7) is 0. The van der Waals surface area contributed by atoms with E-state index in [0.29, 0.717) is 17.5 Å². The largest absolute Gasteiger partial charge is 0.323 e. The van der Waals surface area contributed by atoms with Gasteiger partial charge in [0.05, 0.1) is 0 Å². The Morgan fingerprint density at radius 3 is 2.02 bits per heavy atom. The Hall–Kier alpha value is -4.75. The molecule has 5 aromatic carbocycles. The minimum atomic E-state index is -0.248. The van der Waals surface area contributed by atoms with Crippen LogP contribution in [0.5, 0.6) is 0 Å². The molecular formula is C35H25N5S. The highest BCUT2D eigenvalue weighted by Gasteiger charge is 2.22. The van der Waals surface area contributed by atoms with E-state index in [4.69, 9.17) is 26.4 Å². The molecule has 0 fully saturated rings. The van der Waals surface area contributed by atoms with Crippen LogP contribution in [0, 0.1) is 0 Å². The minimum absolute atomic E-state index is 0.203. The third-order valence-electron chi connectivity index (χ3n) is 7.90. The van der Waals surface area contributed by atoms with E-state index in [1.165, 1.54) is 20.2 Å². The third-order valence-corrected chi connectivity index (χ3v) is 9.04. The number of benzene rings is 5. The van der Waals surface area contributed by atoms with Crippen LogP contribution in [0.1, 0.15) is 17.2 Å². The Kier molecular flexibility index (Phi) is 5.53. The second-order valence-corrected chi connectivity index (χ2v) is 11.5. The van der Waals surface area contributed by atoms with Crippen molar-refractivity contribution in [3.8, 4) is 34.2 Å². The quantitative estimate of drug-likeness (QED) is 0.236. The van der Waals surface area contributed by atoms with Crippen molar-refractivity contribution in [3.63, 3.8) is 0 Å². The first-order valence-electron chi connectivity index (χ1n) is 13.6. The van der Waals surface area contributed by atoms with Crippen molar-refractivity contribution in [2.24, 2.45) is 11.5 Å². The number of nitrogens with two attached hydrogens (primary N) is 2. The van der Waals surface area contributed by atoms with Crippen LogP contribution in [0.3, 0.4) is 0 Å². The summed E-state index contributed by atoms with van der Waals surface area (Å²) in [5, 5.41) is 4.70. The lowest BCUT2D eigenvalue weighted by Crippen LogP contribution is -2.34. The van der Waals surface area contributed by atoms with E-state index in [9.17, 15) is 0 Å². The number of rotatable bonds is 3. The Bertz CT molecular complexity index is 2150. The van der Waals surface area contributed by atoms with E-state index >= 15 is 0 Å². The summed E-state index contributed by atoms with van der Waals surface area (Å²) in [6.07, 6.45) is 4.04. The molecule has 0 saturated carbocycles. The molecule has 1 aliphatic rings. The van der Waals surface area contributed by atoms with E-state index in [-0.39, 0.29) is 12.1 Å². The van der Waals surface area contributed by atoms with E-state index < -0.39 is 0 Å². The van der Waals surface area contributed by atoms with Crippen LogP contribution < -0.4 is 11.5 Å². The van der Waals surface area contributed by atoms with Gasteiger partial charge in [-0.15, -0.1) is 11.3 Å². The molecule has 4 N–H and O–H groups in total. The Morgan fingerprint density at radius 1 is 0.561 bits per heavy atom. The topological polar surface area (TPSA) is 90.7 Å². The van der Waals surface area contributed by atoms with Crippen molar-refractivity contribution >= 4 is 48.4 Å². The summed E-state index contributed by atoms with van der Waals surface area (Å²) in [7, 11) is 0. The van der Waals surface area contributed by atoms with Crippen LogP contribution in [-0.2, 0) is 0 Å². The van der Waals surface area contributed by atoms with Crippen LogP contribution >= 0.6 is 11.3 Å². The fourth-order valence-electron chi connectivity index (χ4n) is 5.77. The molecule has 2 aromatic heterocycles. The molecule has 7 aromatic rings. The van der Waals surface area contributed by atoms with Crippen LogP contribution in [0.15, 0.2) is 109 Å². The summed E-state index contributed by atoms with van der Waals surface area (Å²) >= 11 is 1.79. The predicted octanol–water partition coefficient (Wildman–Crippen LogP) is 7.75. The molecule has 0 bridgehead atoms. The van der Waals surface area contributed by atoms with Gasteiger partial charge in [-0.05, 0) is 40.1 Å². The summed E-state index contributed by atoms with van der Waals surface area (Å²) < 4.78 is 2.49. The summed E-state index contributed by atoms with van der Waals surface area (Å²) in [5.74, 6) is 1.92. The van der Waals surface area contributed by atoms with E-state index in [0.717, 1.165) is 38.6 Å². The van der Waals surface area contributed by atoms with Crippen molar-refractivity contribution in [3.05, 3.63) is 120 Å². The lowest BCUT2D eigenvalue weighted by atomic mass is 9.86. The zero-order valence-electron chi connectivity index (χ0n) is 22.0. The Balaban J connectivity index is 1.30. The fourth-order valence-corrected chi connectivity index (χ4v) is 6.91. The second-order valence-electron chi connectivity index (χ2n) is 10.4. The van der Waals surface area contributed by atoms with Crippen molar-refractivity contribution in [1.82, 2.24) is 15.0 Å². The Morgan fingerprint density at radius 2 is 1.22 bits per heavy atom. The summed E-state index contributed by atoms with van der Waals surface area (Å²) in [6, 6.07) is 35.2. The van der Waals surface area contributed by atoms with Gasteiger partial charge in [-0.3, -0.25) is 0 Å². The van der Waals surface area contributed by atoms with Crippen LogP contribution in [0.25, 0.3) is 71.2 Å². The van der Waals surface area contributed by atoms with Gasteiger partial charge in [-0.1, -0.05) is 97.1 Å². The standard InChI is InChI=1S/C35H25N5S/c36-28-17-14-20-10-11-22-18-23(12-15-25(22)31(20)32(28)37)34-38-33(21-6-2-1-3-7-21)39-35(40-34)24-13-16-27-26-8-4-5-9-29(26)41-30(27)19-24/h1-19,28,32H,36-37H2. The maximum absolute atomic E-state index is 6.53. The van der Waals surface area contributed by atoms with Crippen LogP contribution in [0.2, 0.25) is 0 Å². The first-order chi connectivity index (χ1) is 20.1. The van der Waals surface area contributed by atoms with Gasteiger partial charge in [0.15, 0.2) is 17.5 Å². The Labute approximate surface area is 240 Å². The number of hydrogen-bond acceptors (Lipinski definition) is 6. The van der Waals surface area contributed by atoms with Crippen molar-refractivity contribution in [2.45, 2.75) is 12.1 Å². The lowest BCUT2D eigenvalue weighted by molar-refractivity contribution is 0.634. The molecule has 5 nitrogen and oxygen atoms in total. The number of aromatic nitrogens is 3. The highest BCUT2D eigenvalue weighted by Crippen LogP contribution is 2.37. The molecule has 2 unspecified atom stereocenters. The number of hydrogen-bond donors (Lipinski definition) is 2. The van der Waals surface area contributed by atoms with Gasteiger partial charge in [0.1, 0.15) is 0 Å². The summed E-state index contributed by atoms with van der Waals surface area (Å²) in [5.41, 5.74) is 17.8. The molecular weight excluding hydrogens is 522 g/mol. The van der Waals surface area contributed by atoms with Crippen molar-refractivity contribution in [1.29, 1.82) is 0 Å². The van der Waals surface area contributed by atoms with Gasteiger partial charge in [-0.25, -0.2) is 15.0 Å². The second kappa shape index (κ2) is 9.42. The minimum Gasteiger partial charge on any atom is -0.323 e. The molecule has 8 rings (SSSR count). The molecule has 0 aliphatic heterocycles. The van der Waals surface area contributed by atoms with Crippen molar-refractivity contribution in [2.75, 3.05) is 0 Å². The summed E-state index contributed by atoms with van der Waals surface area (Å²) in [4.78, 5) is 14.9. The number of fused-ring (bicyclic) bond motifs is 6. The smallest absolute Gasteiger partial charge is 0.164 e. The van der Waals surface area contributed by atoms with Crippen LogP contribution in [0.4, 0.5) is 0 Å². The van der Waals surface area contributed by atoms with Crippen molar-refractivity contribution < 1.29 is 0 Å². The molecule has 196 valence electrons. The normalized spacial score (nSPS) is 16.4. The number of nitrogens with zero attached hydrogens (tertiary/aromatic N) is 3. The van der Waals surface area contributed by atoms with Gasteiger partial charge >= 0.3 is 0 Å².